The Kier molecular flexibility index (Phi) is 3.87. The summed E-state index contributed by atoms with van der Waals surface area (Å²) in [5.74, 6) is 0.826. The van der Waals surface area contributed by atoms with Crippen molar-refractivity contribution in [3.8, 4) is 0 Å². The highest BCUT2D eigenvalue weighted by atomic mass is 16.2. The second-order valence-corrected chi connectivity index (χ2v) is 7.36. The van der Waals surface area contributed by atoms with Crippen LogP contribution in [0.1, 0.15) is 23.6 Å². The van der Waals surface area contributed by atoms with E-state index in [0.29, 0.717) is 24.9 Å². The third kappa shape index (κ3) is 2.63. The Morgan fingerprint density at radius 3 is 2.63 bits per heavy atom. The molecule has 8 nitrogen and oxygen atoms in total. The summed E-state index contributed by atoms with van der Waals surface area (Å²) in [5.41, 5.74) is 4.42. The summed E-state index contributed by atoms with van der Waals surface area (Å²) in [6, 6.07) is 5.37. The molecule has 3 amide bonds. The molecular weight excluding hydrogens is 344 g/mol. The molecule has 1 unspecified atom stereocenters. The van der Waals surface area contributed by atoms with Crippen LogP contribution in [0.4, 0.5) is 4.79 Å². The van der Waals surface area contributed by atoms with Crippen molar-refractivity contribution in [3.63, 3.8) is 0 Å². The lowest BCUT2D eigenvalue weighted by atomic mass is 10.1. The Bertz CT molecular complexity index is 961. The van der Waals surface area contributed by atoms with Crippen LogP contribution in [-0.2, 0) is 11.3 Å². The molecule has 8 heteroatoms. The fourth-order valence-corrected chi connectivity index (χ4v) is 3.72. The van der Waals surface area contributed by atoms with E-state index < -0.39 is 6.04 Å². The van der Waals surface area contributed by atoms with Crippen molar-refractivity contribution < 1.29 is 14.2 Å². The fourth-order valence-electron chi connectivity index (χ4n) is 3.72. The average molecular weight is 367 g/mol. The first-order valence-corrected chi connectivity index (χ1v) is 8.93. The number of guanidine groups is 1. The third-order valence-corrected chi connectivity index (χ3v) is 5.26. The van der Waals surface area contributed by atoms with E-state index in [1.165, 1.54) is 23.1 Å². The molecule has 3 aliphatic rings. The maximum atomic E-state index is 12.8. The van der Waals surface area contributed by atoms with Gasteiger partial charge in [-0.15, -0.1) is 10.1 Å². The third-order valence-electron chi connectivity index (χ3n) is 5.26. The summed E-state index contributed by atoms with van der Waals surface area (Å²) in [4.78, 5) is 32.3. The number of hydrogen-bond donors (Lipinski definition) is 0. The van der Waals surface area contributed by atoms with Crippen LogP contribution in [0.5, 0.6) is 0 Å². The summed E-state index contributed by atoms with van der Waals surface area (Å²) in [5, 5.41) is 6.50. The van der Waals surface area contributed by atoms with Crippen molar-refractivity contribution in [1.29, 1.82) is 0 Å². The van der Waals surface area contributed by atoms with Crippen LogP contribution in [0.2, 0.25) is 0 Å². The highest BCUT2D eigenvalue weighted by Gasteiger charge is 2.53. The predicted octanol–water partition coefficient (Wildman–Crippen LogP) is 1.17. The van der Waals surface area contributed by atoms with Crippen molar-refractivity contribution in [1.82, 2.24) is 14.8 Å². The summed E-state index contributed by atoms with van der Waals surface area (Å²) >= 11 is 0. The molecule has 0 radical (unpaired) electrons. The number of hydrazone groups is 1. The standard InChI is InChI=1S/C19H23N6O2/c1-11-6-7-12(2)14(8-11)10-25-18-20-16-15(24(18)9-13(3)21-25)17(26)23(5)19(27)22(16)4/h6-8,15H,9-10H2,1-5H3/q+1. The summed E-state index contributed by atoms with van der Waals surface area (Å²) in [7, 11) is 3.16. The molecule has 0 aromatic heterocycles. The highest BCUT2D eigenvalue weighted by molar-refractivity contribution is 6.23. The van der Waals surface area contributed by atoms with Gasteiger partial charge in [0.1, 0.15) is 13.1 Å². The van der Waals surface area contributed by atoms with Crippen LogP contribution in [0.15, 0.2) is 28.3 Å². The van der Waals surface area contributed by atoms with Gasteiger partial charge in [0.05, 0.1) is 5.71 Å². The van der Waals surface area contributed by atoms with Gasteiger partial charge in [-0.3, -0.25) is 14.6 Å². The SMILES string of the molecule is CC1=NN(Cc2cc(C)ccc2C)C2=[N+](C1)C1C(=O)N(C)C(=O)N(C)C1=N2. The van der Waals surface area contributed by atoms with Gasteiger partial charge in [-0.25, -0.2) is 9.37 Å². The molecule has 1 aromatic carbocycles. The molecule has 1 aromatic rings. The zero-order valence-corrected chi connectivity index (χ0v) is 16.2. The molecular formula is C19H23N6O2+. The minimum absolute atomic E-state index is 0.256. The van der Waals surface area contributed by atoms with Gasteiger partial charge in [0, 0.05) is 14.1 Å². The molecule has 0 saturated carbocycles. The van der Waals surface area contributed by atoms with E-state index in [2.05, 4.69) is 42.1 Å². The zero-order chi connectivity index (χ0) is 19.5. The minimum Gasteiger partial charge on any atom is -0.270 e. The van der Waals surface area contributed by atoms with Crippen molar-refractivity contribution >= 4 is 29.4 Å². The first-order chi connectivity index (χ1) is 12.8. The summed E-state index contributed by atoms with van der Waals surface area (Å²) < 4.78 is 1.94. The van der Waals surface area contributed by atoms with Crippen molar-refractivity contribution in [3.05, 3.63) is 34.9 Å². The second-order valence-electron chi connectivity index (χ2n) is 7.36. The Labute approximate surface area is 158 Å². The summed E-state index contributed by atoms with van der Waals surface area (Å²) in [6.45, 7) is 7.14. The lowest BCUT2D eigenvalue weighted by Gasteiger charge is -2.32. The molecule has 0 spiro atoms. The number of aryl methyl sites for hydroxylation is 2. The topological polar surface area (TPSA) is 71.6 Å². The molecule has 3 heterocycles. The van der Waals surface area contributed by atoms with E-state index >= 15 is 0 Å². The maximum Gasteiger partial charge on any atom is 0.417 e. The largest absolute Gasteiger partial charge is 0.417 e. The quantitative estimate of drug-likeness (QED) is 0.737. The number of hydrogen-bond acceptors (Lipinski definition) is 5. The normalized spacial score (nSPS) is 22.1. The lowest BCUT2D eigenvalue weighted by molar-refractivity contribution is -0.528. The van der Waals surface area contributed by atoms with E-state index in [4.69, 9.17) is 0 Å². The van der Waals surface area contributed by atoms with Gasteiger partial charge in [-0.2, -0.15) is 0 Å². The number of carbonyl (C=O) groups is 2. The number of nitrogens with zero attached hydrogens (tertiary/aromatic N) is 6. The van der Waals surface area contributed by atoms with Gasteiger partial charge in [0.25, 0.3) is 5.91 Å². The van der Waals surface area contributed by atoms with E-state index in [1.54, 1.807) is 7.05 Å². The molecule has 0 aliphatic carbocycles. The van der Waals surface area contributed by atoms with Crippen molar-refractivity contribution in [2.75, 3.05) is 20.6 Å². The number of amides is 3. The van der Waals surface area contributed by atoms with Gasteiger partial charge in [0.15, 0.2) is 0 Å². The molecule has 140 valence electrons. The average Bonchev–Trinajstić information content (AvgIpc) is 3.01. The molecule has 1 saturated heterocycles. The highest BCUT2D eigenvalue weighted by Crippen LogP contribution is 2.24. The van der Waals surface area contributed by atoms with Crippen LogP contribution in [-0.4, -0.2) is 75.5 Å². The number of benzene rings is 1. The molecule has 1 fully saturated rings. The van der Waals surface area contributed by atoms with Gasteiger partial charge in [-0.05, 0) is 31.9 Å². The molecule has 27 heavy (non-hydrogen) atoms. The number of fused-ring (bicyclic) bond motifs is 2. The van der Waals surface area contributed by atoms with Crippen LogP contribution in [0, 0.1) is 13.8 Å². The van der Waals surface area contributed by atoms with Gasteiger partial charge in [0.2, 0.25) is 11.9 Å². The van der Waals surface area contributed by atoms with Crippen molar-refractivity contribution in [2.24, 2.45) is 10.1 Å². The number of imide groups is 1. The number of amidine groups is 1. The smallest absolute Gasteiger partial charge is 0.270 e. The molecule has 1 atom stereocenters. The van der Waals surface area contributed by atoms with Crippen LogP contribution >= 0.6 is 0 Å². The van der Waals surface area contributed by atoms with Gasteiger partial charge >= 0.3 is 12.0 Å². The number of carbonyl (C=O) groups excluding carboxylic acids is 2. The predicted molar refractivity (Wildman–Crippen MR) is 102 cm³/mol. The van der Waals surface area contributed by atoms with E-state index in [1.807, 2.05) is 16.5 Å². The Morgan fingerprint density at radius 1 is 1.15 bits per heavy atom. The molecule has 0 N–H and O–H groups in total. The van der Waals surface area contributed by atoms with Gasteiger partial charge in [-0.1, -0.05) is 28.8 Å². The number of rotatable bonds is 2. The second kappa shape index (κ2) is 6.00. The van der Waals surface area contributed by atoms with Crippen LogP contribution in [0.3, 0.4) is 0 Å². The monoisotopic (exact) mass is 367 g/mol. The lowest BCUT2D eigenvalue weighted by Crippen LogP contribution is -2.62. The Morgan fingerprint density at radius 2 is 1.89 bits per heavy atom. The fraction of sp³-hybridized carbons (Fsp3) is 0.421. The van der Waals surface area contributed by atoms with Crippen LogP contribution in [0.25, 0.3) is 0 Å². The number of urea groups is 1. The van der Waals surface area contributed by atoms with Crippen LogP contribution < -0.4 is 0 Å². The van der Waals surface area contributed by atoms with E-state index in [-0.39, 0.29) is 11.9 Å². The Hall–Kier alpha value is -3.03. The number of likely N-dealkylation sites (N-methyl/N-ethyl adjacent to an activating group) is 2. The number of aliphatic imine (C=N–C) groups is 1. The molecule has 4 rings (SSSR count). The zero-order valence-electron chi connectivity index (χ0n) is 16.2. The molecule has 3 aliphatic heterocycles. The first-order valence-electron chi connectivity index (χ1n) is 8.93. The van der Waals surface area contributed by atoms with E-state index in [0.717, 1.165) is 16.2 Å². The van der Waals surface area contributed by atoms with Gasteiger partial charge < -0.3 is 0 Å². The summed E-state index contributed by atoms with van der Waals surface area (Å²) in [6.07, 6.45) is 0. The maximum absolute atomic E-state index is 12.8. The Balaban J connectivity index is 1.75. The molecule has 0 bridgehead atoms. The van der Waals surface area contributed by atoms with E-state index in [9.17, 15) is 9.59 Å². The van der Waals surface area contributed by atoms with Crippen molar-refractivity contribution in [2.45, 2.75) is 33.4 Å². The first kappa shape index (κ1) is 17.4. The minimum atomic E-state index is -0.584.